The molecule has 0 atom stereocenters. The number of nitrogens with zero attached hydrogens (tertiary/aromatic N) is 3. The van der Waals surface area contributed by atoms with Crippen LogP contribution in [0.4, 0.5) is 0 Å². The third-order valence-electron chi connectivity index (χ3n) is 4.72. The largest absolute Gasteiger partial charge is 0.493 e. The van der Waals surface area contributed by atoms with E-state index in [0.717, 1.165) is 11.3 Å². The molecule has 0 aliphatic rings. The van der Waals surface area contributed by atoms with Gasteiger partial charge in [0, 0.05) is 16.8 Å². The van der Waals surface area contributed by atoms with Crippen LogP contribution in [0.25, 0.3) is 17.1 Å². The minimum absolute atomic E-state index is 0.0425. The summed E-state index contributed by atoms with van der Waals surface area (Å²) >= 11 is 1.36. The van der Waals surface area contributed by atoms with Crippen LogP contribution >= 0.6 is 11.8 Å². The van der Waals surface area contributed by atoms with Crippen molar-refractivity contribution in [3.05, 3.63) is 84.4 Å². The average Bonchev–Trinajstić information content (AvgIpc) is 3.27. The SMILES string of the molecule is COc1ccc(-c2nnc(SCC(=O)c3ccccc3)n2-c2ccccc2)cc1OC. The fourth-order valence-electron chi connectivity index (χ4n) is 3.17. The molecule has 31 heavy (non-hydrogen) atoms. The summed E-state index contributed by atoms with van der Waals surface area (Å²) in [5.41, 5.74) is 2.42. The molecule has 0 radical (unpaired) electrons. The van der Waals surface area contributed by atoms with Crippen molar-refractivity contribution in [2.45, 2.75) is 5.16 Å². The Bertz CT molecular complexity index is 1180. The van der Waals surface area contributed by atoms with E-state index in [0.29, 0.717) is 28.0 Å². The molecule has 0 saturated carbocycles. The van der Waals surface area contributed by atoms with Crippen molar-refractivity contribution in [3.63, 3.8) is 0 Å². The highest BCUT2D eigenvalue weighted by atomic mass is 32.2. The molecule has 0 spiro atoms. The van der Waals surface area contributed by atoms with E-state index in [1.54, 1.807) is 14.2 Å². The molecule has 0 saturated heterocycles. The zero-order chi connectivity index (χ0) is 21.6. The van der Waals surface area contributed by atoms with Gasteiger partial charge in [-0.3, -0.25) is 9.36 Å². The quantitative estimate of drug-likeness (QED) is 0.291. The van der Waals surface area contributed by atoms with E-state index in [1.165, 1.54) is 11.8 Å². The normalized spacial score (nSPS) is 10.6. The fourth-order valence-corrected chi connectivity index (χ4v) is 4.02. The van der Waals surface area contributed by atoms with Crippen molar-refractivity contribution < 1.29 is 14.3 Å². The summed E-state index contributed by atoms with van der Waals surface area (Å²) in [6.07, 6.45) is 0. The molecule has 7 heteroatoms. The van der Waals surface area contributed by atoms with Crippen molar-refractivity contribution in [1.29, 1.82) is 0 Å². The lowest BCUT2D eigenvalue weighted by atomic mass is 10.2. The monoisotopic (exact) mass is 431 g/mol. The molecule has 0 aliphatic heterocycles. The molecule has 6 nitrogen and oxygen atoms in total. The number of methoxy groups -OCH3 is 2. The van der Waals surface area contributed by atoms with Gasteiger partial charge >= 0.3 is 0 Å². The van der Waals surface area contributed by atoms with Crippen molar-refractivity contribution in [2.75, 3.05) is 20.0 Å². The van der Waals surface area contributed by atoms with Gasteiger partial charge in [0.25, 0.3) is 0 Å². The van der Waals surface area contributed by atoms with Gasteiger partial charge in [0.05, 0.1) is 20.0 Å². The van der Waals surface area contributed by atoms with Gasteiger partial charge < -0.3 is 9.47 Å². The van der Waals surface area contributed by atoms with Gasteiger partial charge in [-0.2, -0.15) is 0 Å². The highest BCUT2D eigenvalue weighted by Gasteiger charge is 2.19. The van der Waals surface area contributed by atoms with Crippen LogP contribution in [0.1, 0.15) is 10.4 Å². The number of Topliss-reactive ketones (excluding diaryl/α,β-unsaturated/α-hetero) is 1. The summed E-state index contributed by atoms with van der Waals surface area (Å²) in [5.74, 6) is 2.21. The van der Waals surface area contributed by atoms with E-state index in [2.05, 4.69) is 10.2 Å². The summed E-state index contributed by atoms with van der Waals surface area (Å²) in [7, 11) is 3.20. The first kappa shape index (κ1) is 20.7. The second-order valence-corrected chi connectivity index (χ2v) is 7.57. The van der Waals surface area contributed by atoms with E-state index in [4.69, 9.17) is 9.47 Å². The number of ketones is 1. The maximum absolute atomic E-state index is 12.6. The van der Waals surface area contributed by atoms with Crippen LogP contribution < -0.4 is 9.47 Å². The highest BCUT2D eigenvalue weighted by Crippen LogP contribution is 2.34. The number of ether oxygens (including phenoxy) is 2. The number of hydrogen-bond donors (Lipinski definition) is 0. The van der Waals surface area contributed by atoms with Crippen LogP contribution in [0.3, 0.4) is 0 Å². The molecule has 4 rings (SSSR count). The van der Waals surface area contributed by atoms with E-state index in [9.17, 15) is 4.79 Å². The number of rotatable bonds is 8. The Balaban J connectivity index is 1.71. The first-order valence-corrected chi connectivity index (χ1v) is 10.6. The lowest BCUT2D eigenvalue weighted by Crippen LogP contribution is -2.05. The van der Waals surface area contributed by atoms with Gasteiger partial charge in [0.15, 0.2) is 28.3 Å². The van der Waals surface area contributed by atoms with Gasteiger partial charge in [-0.15, -0.1) is 10.2 Å². The average molecular weight is 432 g/mol. The molecule has 0 bridgehead atoms. The molecule has 0 fully saturated rings. The zero-order valence-corrected chi connectivity index (χ0v) is 18.0. The molecule has 4 aromatic rings. The van der Waals surface area contributed by atoms with Crippen LogP contribution in [0.2, 0.25) is 0 Å². The van der Waals surface area contributed by atoms with E-state index in [1.807, 2.05) is 83.4 Å². The van der Waals surface area contributed by atoms with Crippen LogP contribution in [-0.2, 0) is 0 Å². The fraction of sp³-hybridized carbons (Fsp3) is 0.125. The predicted octanol–water partition coefficient (Wildman–Crippen LogP) is 4.93. The zero-order valence-electron chi connectivity index (χ0n) is 17.2. The molecule has 0 amide bonds. The third kappa shape index (κ3) is 4.46. The Morgan fingerprint density at radius 1 is 0.871 bits per heavy atom. The number of carbonyl (C=O) groups is 1. The molecule has 0 unspecified atom stereocenters. The Morgan fingerprint density at radius 3 is 2.23 bits per heavy atom. The van der Waals surface area contributed by atoms with Crippen LogP contribution in [-0.4, -0.2) is 40.5 Å². The second kappa shape index (κ2) is 9.49. The number of carbonyl (C=O) groups excluding carboxylic acids is 1. The highest BCUT2D eigenvalue weighted by molar-refractivity contribution is 7.99. The summed E-state index contributed by atoms with van der Waals surface area (Å²) in [6, 6.07) is 24.7. The minimum Gasteiger partial charge on any atom is -0.493 e. The van der Waals surface area contributed by atoms with Crippen molar-refractivity contribution >= 4 is 17.5 Å². The summed E-state index contributed by atoms with van der Waals surface area (Å²) in [5, 5.41) is 9.45. The lowest BCUT2D eigenvalue weighted by molar-refractivity contribution is 0.102. The van der Waals surface area contributed by atoms with Crippen LogP contribution in [0.15, 0.2) is 84.0 Å². The summed E-state index contributed by atoms with van der Waals surface area (Å²) in [6.45, 7) is 0. The van der Waals surface area contributed by atoms with E-state index >= 15 is 0 Å². The van der Waals surface area contributed by atoms with Crippen LogP contribution in [0.5, 0.6) is 11.5 Å². The van der Waals surface area contributed by atoms with E-state index in [-0.39, 0.29) is 11.5 Å². The number of hydrogen-bond acceptors (Lipinski definition) is 6. The van der Waals surface area contributed by atoms with Gasteiger partial charge in [-0.25, -0.2) is 0 Å². The van der Waals surface area contributed by atoms with Gasteiger partial charge in [-0.05, 0) is 30.3 Å². The molecule has 1 heterocycles. The van der Waals surface area contributed by atoms with E-state index < -0.39 is 0 Å². The minimum atomic E-state index is 0.0425. The first-order valence-electron chi connectivity index (χ1n) is 9.65. The Morgan fingerprint density at radius 2 is 1.55 bits per heavy atom. The summed E-state index contributed by atoms with van der Waals surface area (Å²) < 4.78 is 12.7. The van der Waals surface area contributed by atoms with Crippen molar-refractivity contribution in [1.82, 2.24) is 14.8 Å². The number of thioether (sulfide) groups is 1. The predicted molar refractivity (Wildman–Crippen MR) is 121 cm³/mol. The smallest absolute Gasteiger partial charge is 0.196 e. The first-order chi connectivity index (χ1) is 15.2. The van der Waals surface area contributed by atoms with Gasteiger partial charge in [0.2, 0.25) is 0 Å². The topological polar surface area (TPSA) is 66.2 Å². The molecule has 0 aliphatic carbocycles. The summed E-state index contributed by atoms with van der Waals surface area (Å²) in [4.78, 5) is 12.6. The molecule has 0 N–H and O–H groups in total. The Kier molecular flexibility index (Phi) is 6.33. The molecular weight excluding hydrogens is 410 g/mol. The number of benzene rings is 3. The third-order valence-corrected chi connectivity index (χ3v) is 5.65. The maximum atomic E-state index is 12.6. The Labute approximate surface area is 184 Å². The number of para-hydroxylation sites is 1. The van der Waals surface area contributed by atoms with Gasteiger partial charge in [0.1, 0.15) is 0 Å². The number of aromatic nitrogens is 3. The molecular formula is C24H21N3O3S. The van der Waals surface area contributed by atoms with Crippen molar-refractivity contribution in [2.24, 2.45) is 0 Å². The second-order valence-electron chi connectivity index (χ2n) is 6.62. The van der Waals surface area contributed by atoms with Crippen LogP contribution in [0, 0.1) is 0 Å². The van der Waals surface area contributed by atoms with Crippen molar-refractivity contribution in [3.8, 4) is 28.6 Å². The molecule has 1 aromatic heterocycles. The Hall–Kier alpha value is -3.58. The molecule has 3 aromatic carbocycles. The lowest BCUT2D eigenvalue weighted by Gasteiger charge is -2.12. The van der Waals surface area contributed by atoms with Gasteiger partial charge in [-0.1, -0.05) is 60.3 Å². The molecule has 156 valence electrons. The maximum Gasteiger partial charge on any atom is 0.196 e. The standard InChI is InChI=1S/C24H21N3O3S/c1-29-21-14-13-18(15-22(21)30-2)23-25-26-24(27(23)19-11-7-4-8-12-19)31-16-20(28)17-9-5-3-6-10-17/h3-15H,16H2,1-2H3.